The Kier molecular flexibility index (Phi) is 5.98. The molecule has 4 nitrogen and oxygen atoms in total. The van der Waals surface area contributed by atoms with Crippen LogP contribution in [0.15, 0.2) is 18.2 Å². The van der Waals surface area contributed by atoms with Crippen LogP contribution in [0.3, 0.4) is 0 Å². The Morgan fingerprint density at radius 3 is 2.55 bits per heavy atom. The molecule has 1 N–H and O–H groups in total. The van der Waals surface area contributed by atoms with Crippen LogP contribution in [-0.4, -0.2) is 42.6 Å². The monoisotopic (exact) mass is 304 g/mol. The molecule has 0 bridgehead atoms. The van der Waals surface area contributed by atoms with Crippen LogP contribution in [0.2, 0.25) is 0 Å². The predicted octanol–water partition coefficient (Wildman–Crippen LogP) is 2.75. The van der Waals surface area contributed by atoms with Crippen LogP contribution in [-0.2, 0) is 11.2 Å². The number of fused-ring (bicyclic) bond motifs is 1. The van der Waals surface area contributed by atoms with Crippen molar-refractivity contribution in [3.05, 3.63) is 29.3 Å². The van der Waals surface area contributed by atoms with Gasteiger partial charge in [0.25, 0.3) is 0 Å². The maximum Gasteiger partial charge on any atom is 0.231 e. The van der Waals surface area contributed by atoms with E-state index in [1.165, 1.54) is 0 Å². The zero-order valence-corrected chi connectivity index (χ0v) is 14.0. The van der Waals surface area contributed by atoms with Gasteiger partial charge in [-0.3, -0.25) is 4.79 Å². The third-order valence-corrected chi connectivity index (χ3v) is 4.36. The molecule has 0 saturated heterocycles. The second-order valence-electron chi connectivity index (χ2n) is 6.16. The minimum atomic E-state index is -0.456. The average Bonchev–Trinajstić information content (AvgIpc) is 2.79. The lowest BCUT2D eigenvalue weighted by Crippen LogP contribution is -2.27. The number of likely N-dealkylation sites (N-methyl/N-ethyl adjacent to an activating group) is 1. The minimum Gasteiger partial charge on any atom is -0.388 e. The molecule has 1 heterocycles. The van der Waals surface area contributed by atoms with Crippen LogP contribution in [0.1, 0.15) is 50.3 Å². The highest BCUT2D eigenvalue weighted by Gasteiger charge is 2.24. The maximum atomic E-state index is 11.7. The number of nitrogens with zero attached hydrogens (tertiary/aromatic N) is 2. The lowest BCUT2D eigenvalue weighted by molar-refractivity contribution is -0.117. The van der Waals surface area contributed by atoms with Crippen LogP contribution in [0.25, 0.3) is 0 Å². The Bertz CT molecular complexity index is 510. The van der Waals surface area contributed by atoms with E-state index in [0.29, 0.717) is 6.42 Å². The van der Waals surface area contributed by atoms with E-state index in [-0.39, 0.29) is 5.91 Å². The average molecular weight is 304 g/mol. The Balaban J connectivity index is 1.97. The normalized spacial score (nSPS) is 15.5. The Morgan fingerprint density at radius 2 is 1.91 bits per heavy atom. The van der Waals surface area contributed by atoms with Gasteiger partial charge in [-0.05, 0) is 49.5 Å². The van der Waals surface area contributed by atoms with Crippen LogP contribution < -0.4 is 4.90 Å². The molecule has 2 rings (SSSR count). The zero-order chi connectivity index (χ0) is 16.1. The molecule has 1 aromatic carbocycles. The first kappa shape index (κ1) is 17.0. The van der Waals surface area contributed by atoms with Gasteiger partial charge in [0.05, 0.1) is 12.5 Å². The van der Waals surface area contributed by atoms with Crippen molar-refractivity contribution in [2.75, 3.05) is 31.6 Å². The molecule has 22 heavy (non-hydrogen) atoms. The zero-order valence-electron chi connectivity index (χ0n) is 14.0. The first-order valence-electron chi connectivity index (χ1n) is 8.36. The van der Waals surface area contributed by atoms with Crippen molar-refractivity contribution in [1.82, 2.24) is 4.90 Å². The quantitative estimate of drug-likeness (QED) is 0.803. The fourth-order valence-electron chi connectivity index (χ4n) is 3.14. The smallest absolute Gasteiger partial charge is 0.231 e. The van der Waals surface area contributed by atoms with Crippen LogP contribution in [0, 0.1) is 0 Å². The highest BCUT2D eigenvalue weighted by molar-refractivity contribution is 6.00. The standard InChI is InChI=1S/C18H28N2O2/c1-4-9-20(10-5-2)11-8-17(21)14-6-7-16-15(12-14)13-18(22)19(16)3/h6-7,12,17,21H,4-5,8-11,13H2,1-3H3. The molecule has 1 amide bonds. The van der Waals surface area contributed by atoms with Gasteiger partial charge < -0.3 is 14.9 Å². The molecule has 0 spiro atoms. The molecule has 1 unspecified atom stereocenters. The molecule has 1 atom stereocenters. The highest BCUT2D eigenvalue weighted by atomic mass is 16.3. The van der Waals surface area contributed by atoms with Crippen molar-refractivity contribution >= 4 is 11.6 Å². The minimum absolute atomic E-state index is 0.124. The predicted molar refractivity (Wildman–Crippen MR) is 90.2 cm³/mol. The number of carbonyl (C=O) groups excluding carboxylic acids is 1. The molecule has 1 aliphatic rings. The Labute approximate surface area is 133 Å². The number of carbonyl (C=O) groups is 1. The molecule has 0 radical (unpaired) electrons. The summed E-state index contributed by atoms with van der Waals surface area (Å²) in [6.45, 7) is 7.47. The third kappa shape index (κ3) is 3.87. The van der Waals surface area contributed by atoms with Crippen LogP contribution in [0.4, 0.5) is 5.69 Å². The van der Waals surface area contributed by atoms with E-state index < -0.39 is 6.10 Å². The molecule has 0 aliphatic carbocycles. The maximum absolute atomic E-state index is 11.7. The second-order valence-corrected chi connectivity index (χ2v) is 6.16. The number of amides is 1. The summed E-state index contributed by atoms with van der Waals surface area (Å²) in [6.07, 6.45) is 3.02. The molecular weight excluding hydrogens is 276 g/mol. The lowest BCUT2D eigenvalue weighted by atomic mass is 10.0. The molecule has 0 aromatic heterocycles. The van der Waals surface area contributed by atoms with Crippen molar-refractivity contribution in [3.63, 3.8) is 0 Å². The number of benzene rings is 1. The number of hydrogen-bond donors (Lipinski definition) is 1. The van der Waals surface area contributed by atoms with E-state index in [9.17, 15) is 9.90 Å². The fourth-order valence-corrected chi connectivity index (χ4v) is 3.14. The SMILES string of the molecule is CCCN(CCC)CCC(O)c1ccc2c(c1)CC(=O)N2C. The summed E-state index contributed by atoms with van der Waals surface area (Å²) in [4.78, 5) is 15.8. The lowest BCUT2D eigenvalue weighted by Gasteiger charge is -2.22. The molecule has 1 aromatic rings. The van der Waals surface area contributed by atoms with Gasteiger partial charge in [-0.25, -0.2) is 0 Å². The summed E-state index contributed by atoms with van der Waals surface area (Å²) < 4.78 is 0. The van der Waals surface area contributed by atoms with Gasteiger partial charge in [0.15, 0.2) is 0 Å². The number of anilines is 1. The van der Waals surface area contributed by atoms with Gasteiger partial charge in [-0.15, -0.1) is 0 Å². The van der Waals surface area contributed by atoms with E-state index in [2.05, 4.69) is 18.7 Å². The highest BCUT2D eigenvalue weighted by Crippen LogP contribution is 2.30. The van der Waals surface area contributed by atoms with Crippen molar-refractivity contribution < 1.29 is 9.90 Å². The van der Waals surface area contributed by atoms with Crippen LogP contribution >= 0.6 is 0 Å². The summed E-state index contributed by atoms with van der Waals surface area (Å²) in [7, 11) is 1.80. The van der Waals surface area contributed by atoms with E-state index in [4.69, 9.17) is 0 Å². The number of hydrogen-bond acceptors (Lipinski definition) is 3. The topological polar surface area (TPSA) is 43.8 Å². The third-order valence-electron chi connectivity index (χ3n) is 4.36. The summed E-state index contributed by atoms with van der Waals surface area (Å²) >= 11 is 0. The molecule has 122 valence electrons. The van der Waals surface area contributed by atoms with Gasteiger partial charge in [0, 0.05) is 19.3 Å². The van der Waals surface area contributed by atoms with Gasteiger partial charge in [-0.2, -0.15) is 0 Å². The number of aliphatic hydroxyl groups is 1. The van der Waals surface area contributed by atoms with Gasteiger partial charge in [0.1, 0.15) is 0 Å². The molecule has 0 fully saturated rings. The van der Waals surface area contributed by atoms with Crippen molar-refractivity contribution in [3.8, 4) is 0 Å². The van der Waals surface area contributed by atoms with E-state index in [1.54, 1.807) is 11.9 Å². The van der Waals surface area contributed by atoms with E-state index >= 15 is 0 Å². The van der Waals surface area contributed by atoms with Gasteiger partial charge in [-0.1, -0.05) is 26.0 Å². The Morgan fingerprint density at radius 1 is 1.23 bits per heavy atom. The van der Waals surface area contributed by atoms with Crippen LogP contribution in [0.5, 0.6) is 0 Å². The summed E-state index contributed by atoms with van der Waals surface area (Å²) in [5.74, 6) is 0.124. The summed E-state index contributed by atoms with van der Waals surface area (Å²) in [5, 5.41) is 10.4. The van der Waals surface area contributed by atoms with E-state index in [1.807, 2.05) is 18.2 Å². The van der Waals surface area contributed by atoms with Gasteiger partial charge in [0.2, 0.25) is 5.91 Å². The van der Waals surface area contributed by atoms with Gasteiger partial charge >= 0.3 is 0 Å². The van der Waals surface area contributed by atoms with E-state index in [0.717, 1.165) is 55.7 Å². The first-order chi connectivity index (χ1) is 10.6. The number of rotatable bonds is 8. The first-order valence-corrected chi connectivity index (χ1v) is 8.36. The van der Waals surface area contributed by atoms with Crippen molar-refractivity contribution in [1.29, 1.82) is 0 Å². The van der Waals surface area contributed by atoms with Crippen molar-refractivity contribution in [2.24, 2.45) is 0 Å². The second kappa shape index (κ2) is 7.75. The molecule has 1 aliphatic heterocycles. The molecule has 0 saturated carbocycles. The molecule has 4 heteroatoms. The van der Waals surface area contributed by atoms with Crippen molar-refractivity contribution in [2.45, 2.75) is 45.6 Å². The molecular formula is C18H28N2O2. The Hall–Kier alpha value is -1.39. The largest absolute Gasteiger partial charge is 0.388 e. The summed E-state index contributed by atoms with van der Waals surface area (Å²) in [5.41, 5.74) is 2.93. The summed E-state index contributed by atoms with van der Waals surface area (Å²) in [6, 6.07) is 5.89. The fraction of sp³-hybridized carbons (Fsp3) is 0.611. The number of aliphatic hydroxyl groups excluding tert-OH is 1.